The minimum absolute atomic E-state index is 0.0358. The van der Waals surface area contributed by atoms with Crippen LogP contribution in [0.5, 0.6) is 11.5 Å². The first-order chi connectivity index (χ1) is 15.2. The summed E-state index contributed by atoms with van der Waals surface area (Å²) in [4.78, 5) is 11.6. The maximum Gasteiger partial charge on any atom is 0.306 e. The van der Waals surface area contributed by atoms with Gasteiger partial charge in [0.15, 0.2) is 0 Å². The van der Waals surface area contributed by atoms with Crippen LogP contribution in [0, 0.1) is 0 Å². The first-order valence-corrected chi connectivity index (χ1v) is 11.1. The fourth-order valence-corrected chi connectivity index (χ4v) is 4.97. The predicted octanol–water partition coefficient (Wildman–Crippen LogP) is 6.19. The lowest BCUT2D eigenvalue weighted by atomic mass is 9.98. The van der Waals surface area contributed by atoms with Gasteiger partial charge in [-0.2, -0.15) is 0 Å². The number of hydrogen-bond donors (Lipinski definition) is 0. The Morgan fingerprint density at radius 3 is 2.90 bits per heavy atom. The minimum Gasteiger partial charge on any atom is -0.492 e. The zero-order valence-electron chi connectivity index (χ0n) is 17.2. The van der Waals surface area contributed by atoms with E-state index in [1.54, 1.807) is 11.3 Å². The van der Waals surface area contributed by atoms with E-state index in [2.05, 4.69) is 53.9 Å². The molecule has 1 aromatic heterocycles. The van der Waals surface area contributed by atoms with Crippen LogP contribution in [0.2, 0.25) is 0 Å². The van der Waals surface area contributed by atoms with Crippen LogP contribution in [-0.4, -0.2) is 19.7 Å². The number of carbonyl (C=O) groups excluding carboxylic acids is 1. The molecule has 2 heterocycles. The molecule has 0 aliphatic carbocycles. The van der Waals surface area contributed by atoms with Crippen molar-refractivity contribution in [3.05, 3.63) is 83.2 Å². The number of esters is 1. The van der Waals surface area contributed by atoms with Crippen molar-refractivity contribution in [3.63, 3.8) is 0 Å². The Hall–Kier alpha value is -3.31. The molecule has 0 saturated heterocycles. The largest absolute Gasteiger partial charge is 0.492 e. The highest BCUT2D eigenvalue weighted by Gasteiger charge is 2.27. The molecule has 1 aliphatic heterocycles. The molecule has 156 valence electrons. The highest BCUT2D eigenvalue weighted by atomic mass is 32.1. The Bertz CT molecular complexity index is 1240. The third-order valence-electron chi connectivity index (χ3n) is 5.63. The minimum atomic E-state index is -0.222. The van der Waals surface area contributed by atoms with Gasteiger partial charge in [0.2, 0.25) is 0 Å². The second-order valence-corrected chi connectivity index (χ2v) is 8.53. The average Bonchev–Trinajstić information content (AvgIpc) is 3.42. The number of thiophene rings is 1. The van der Waals surface area contributed by atoms with E-state index in [0.717, 1.165) is 22.6 Å². The van der Waals surface area contributed by atoms with Gasteiger partial charge >= 0.3 is 5.97 Å². The zero-order chi connectivity index (χ0) is 21.2. The van der Waals surface area contributed by atoms with E-state index in [9.17, 15) is 4.79 Å². The molecule has 4 nitrogen and oxygen atoms in total. The molecule has 1 unspecified atom stereocenters. The van der Waals surface area contributed by atoms with E-state index in [1.807, 2.05) is 18.2 Å². The van der Waals surface area contributed by atoms with Crippen molar-refractivity contribution in [1.29, 1.82) is 0 Å². The third-order valence-corrected chi connectivity index (χ3v) is 6.59. The fourth-order valence-electron chi connectivity index (χ4n) is 4.00. The number of ether oxygens (including phenoxy) is 3. The quantitative estimate of drug-likeness (QED) is 0.342. The summed E-state index contributed by atoms with van der Waals surface area (Å²) in [6.07, 6.45) is 0.327. The van der Waals surface area contributed by atoms with E-state index in [-0.39, 0.29) is 11.9 Å². The molecule has 0 radical (unpaired) electrons. The molecule has 5 rings (SSSR count). The Balaban J connectivity index is 1.30. The van der Waals surface area contributed by atoms with Crippen molar-refractivity contribution >= 4 is 27.4 Å². The summed E-state index contributed by atoms with van der Waals surface area (Å²) in [5.74, 6) is 1.35. The molecule has 0 saturated carbocycles. The summed E-state index contributed by atoms with van der Waals surface area (Å²) >= 11 is 1.77. The zero-order valence-corrected chi connectivity index (χ0v) is 18.0. The third kappa shape index (κ3) is 4.01. The van der Waals surface area contributed by atoms with Crippen molar-refractivity contribution in [3.8, 4) is 22.6 Å². The summed E-state index contributed by atoms with van der Waals surface area (Å²) in [5, 5.41) is 3.50. The maximum absolute atomic E-state index is 11.6. The summed E-state index contributed by atoms with van der Waals surface area (Å²) in [6, 6.07) is 22.8. The van der Waals surface area contributed by atoms with Gasteiger partial charge in [-0.25, -0.2) is 0 Å². The summed E-state index contributed by atoms with van der Waals surface area (Å²) in [5.41, 5.74) is 4.59. The molecular formula is C26H22O4S. The van der Waals surface area contributed by atoms with Crippen molar-refractivity contribution in [2.24, 2.45) is 0 Å². The van der Waals surface area contributed by atoms with Crippen molar-refractivity contribution in [1.82, 2.24) is 0 Å². The van der Waals surface area contributed by atoms with Gasteiger partial charge in [0.05, 0.1) is 20.1 Å². The first kappa shape index (κ1) is 19.6. The van der Waals surface area contributed by atoms with Gasteiger partial charge < -0.3 is 14.2 Å². The molecule has 4 aromatic rings. The second kappa shape index (κ2) is 8.44. The van der Waals surface area contributed by atoms with Crippen molar-refractivity contribution in [2.45, 2.75) is 18.9 Å². The van der Waals surface area contributed by atoms with Crippen molar-refractivity contribution < 1.29 is 19.0 Å². The van der Waals surface area contributed by atoms with Gasteiger partial charge in [0.1, 0.15) is 18.1 Å². The van der Waals surface area contributed by atoms with Gasteiger partial charge in [-0.05, 0) is 34.7 Å². The van der Waals surface area contributed by atoms with Crippen LogP contribution in [0.4, 0.5) is 0 Å². The molecule has 31 heavy (non-hydrogen) atoms. The van der Waals surface area contributed by atoms with Gasteiger partial charge in [0, 0.05) is 33.2 Å². The lowest BCUT2D eigenvalue weighted by molar-refractivity contribution is -0.141. The second-order valence-electron chi connectivity index (χ2n) is 7.62. The molecule has 0 N–H and O–H groups in total. The number of fused-ring (bicyclic) bond motifs is 2. The Morgan fingerprint density at radius 1 is 1.10 bits per heavy atom. The van der Waals surface area contributed by atoms with E-state index in [0.29, 0.717) is 19.6 Å². The van der Waals surface area contributed by atoms with Crippen molar-refractivity contribution in [2.75, 3.05) is 13.7 Å². The Kier molecular flexibility index (Phi) is 5.35. The highest BCUT2D eigenvalue weighted by Crippen LogP contribution is 2.39. The van der Waals surface area contributed by atoms with E-state index < -0.39 is 0 Å². The average molecular weight is 431 g/mol. The molecule has 0 fully saturated rings. The number of methoxy groups -OCH3 is 1. The molecule has 5 heteroatoms. The Morgan fingerprint density at radius 2 is 2.00 bits per heavy atom. The van der Waals surface area contributed by atoms with Gasteiger partial charge in [-0.1, -0.05) is 42.5 Å². The predicted molar refractivity (Wildman–Crippen MR) is 123 cm³/mol. The Labute approximate surface area is 185 Å². The summed E-state index contributed by atoms with van der Waals surface area (Å²) in [6.45, 7) is 0.963. The smallest absolute Gasteiger partial charge is 0.306 e. The van der Waals surface area contributed by atoms with Crippen LogP contribution in [-0.2, 0) is 16.1 Å². The number of rotatable bonds is 6. The fraction of sp³-hybridized carbons (Fsp3) is 0.192. The van der Waals surface area contributed by atoms with E-state index in [1.165, 1.54) is 28.3 Å². The SMILES string of the molecule is COC(=O)CC1COc2cc(OCc3cccc(-c4csc5ccccc45)c3)ccc21. The van der Waals surface area contributed by atoms with Gasteiger partial charge in [-0.3, -0.25) is 4.79 Å². The van der Waals surface area contributed by atoms with Crippen LogP contribution >= 0.6 is 11.3 Å². The van der Waals surface area contributed by atoms with Gasteiger partial charge in [-0.15, -0.1) is 11.3 Å². The topological polar surface area (TPSA) is 44.8 Å². The van der Waals surface area contributed by atoms with Crippen LogP contribution in [0.3, 0.4) is 0 Å². The van der Waals surface area contributed by atoms with Crippen LogP contribution in [0.1, 0.15) is 23.5 Å². The molecule has 1 aliphatic rings. The molecule has 1 atom stereocenters. The highest BCUT2D eigenvalue weighted by molar-refractivity contribution is 7.17. The molecule has 0 amide bonds. The molecule has 3 aromatic carbocycles. The number of hydrogen-bond acceptors (Lipinski definition) is 5. The normalized spacial score (nSPS) is 14.8. The standard InChI is InChI=1S/C26H22O4S/c1-28-26(27)12-19-15-30-24-13-20(9-10-21(19)24)29-14-17-5-4-6-18(11-17)23-16-31-25-8-3-2-7-22(23)25/h2-11,13,16,19H,12,14-15H2,1H3. The molecule has 0 bridgehead atoms. The monoisotopic (exact) mass is 430 g/mol. The summed E-state index contributed by atoms with van der Waals surface area (Å²) in [7, 11) is 1.41. The maximum atomic E-state index is 11.6. The van der Waals surface area contributed by atoms with Crippen LogP contribution in [0.15, 0.2) is 72.1 Å². The first-order valence-electron chi connectivity index (χ1n) is 10.2. The number of benzene rings is 3. The number of carbonyl (C=O) groups is 1. The molecular weight excluding hydrogens is 408 g/mol. The lowest BCUT2D eigenvalue weighted by Crippen LogP contribution is -2.09. The summed E-state index contributed by atoms with van der Waals surface area (Å²) < 4.78 is 17.9. The lowest BCUT2D eigenvalue weighted by Gasteiger charge is -2.10. The van der Waals surface area contributed by atoms with Crippen LogP contribution < -0.4 is 9.47 Å². The van der Waals surface area contributed by atoms with Gasteiger partial charge in [0.25, 0.3) is 0 Å². The van der Waals surface area contributed by atoms with Crippen LogP contribution in [0.25, 0.3) is 21.2 Å². The van der Waals surface area contributed by atoms with E-state index in [4.69, 9.17) is 14.2 Å². The molecule has 0 spiro atoms. The van der Waals surface area contributed by atoms with E-state index >= 15 is 0 Å².